The van der Waals surface area contributed by atoms with Crippen LogP contribution in [0.5, 0.6) is 11.5 Å². The maximum atomic E-state index is 14.1. The topological polar surface area (TPSA) is 76.1 Å². The van der Waals surface area contributed by atoms with Crippen molar-refractivity contribution in [3.8, 4) is 11.5 Å². The first-order valence-corrected chi connectivity index (χ1v) is 16.7. The molecule has 1 aliphatic heterocycles. The van der Waals surface area contributed by atoms with Crippen molar-refractivity contribution in [3.05, 3.63) is 120 Å². The standard InChI is InChI=1S/C36H39NO5Si/c1-36(2,3)43(29-16-6-4-7-17-29,30-18-8-5-9-19-30)42-25-27-14-10-11-20-31(27)35(40)37-23-13-15-28(37)26-41-34-22-12-21-33(39)32(34)24-38/h4-12,14,16-22,24,28,39H,13,15,23,25-26H2,1-3H3. The van der Waals surface area contributed by atoms with Crippen LogP contribution in [0.25, 0.3) is 0 Å². The van der Waals surface area contributed by atoms with E-state index in [1.54, 1.807) is 12.1 Å². The number of phenols is 1. The summed E-state index contributed by atoms with van der Waals surface area (Å²) >= 11 is 0. The molecule has 1 atom stereocenters. The molecule has 43 heavy (non-hydrogen) atoms. The van der Waals surface area contributed by atoms with E-state index in [4.69, 9.17) is 9.16 Å². The number of hydrogen-bond donors (Lipinski definition) is 1. The van der Waals surface area contributed by atoms with Crippen LogP contribution < -0.4 is 15.1 Å². The Balaban J connectivity index is 1.41. The van der Waals surface area contributed by atoms with Crippen LogP contribution in [-0.4, -0.2) is 49.7 Å². The molecule has 6 nitrogen and oxygen atoms in total. The highest BCUT2D eigenvalue weighted by Crippen LogP contribution is 2.37. The molecule has 0 radical (unpaired) electrons. The second kappa shape index (κ2) is 13.0. The SMILES string of the molecule is CC(C)(C)[Si](OCc1ccccc1C(=O)N1CCCC1COc1cccc(O)c1C=O)(c1ccccc1)c1ccccc1. The van der Waals surface area contributed by atoms with Crippen LogP contribution in [0.15, 0.2) is 103 Å². The van der Waals surface area contributed by atoms with Crippen molar-refractivity contribution >= 4 is 30.9 Å². The van der Waals surface area contributed by atoms with Crippen molar-refractivity contribution < 1.29 is 23.9 Å². The molecule has 5 rings (SSSR count). The molecule has 1 fully saturated rings. The molecule has 4 aromatic rings. The predicted octanol–water partition coefficient (Wildman–Crippen LogP) is 5.96. The van der Waals surface area contributed by atoms with Crippen LogP contribution in [0, 0.1) is 0 Å². The van der Waals surface area contributed by atoms with Gasteiger partial charge in [0.15, 0.2) is 6.29 Å². The number of carbonyl (C=O) groups is 2. The van der Waals surface area contributed by atoms with E-state index in [0.29, 0.717) is 30.8 Å². The van der Waals surface area contributed by atoms with Crippen LogP contribution in [-0.2, 0) is 11.0 Å². The summed E-state index contributed by atoms with van der Waals surface area (Å²) < 4.78 is 13.1. The quantitative estimate of drug-likeness (QED) is 0.181. The van der Waals surface area contributed by atoms with Crippen molar-refractivity contribution in [1.29, 1.82) is 0 Å². The highest BCUT2D eigenvalue weighted by atomic mass is 28.4. The molecule has 1 N–H and O–H groups in total. The Morgan fingerprint density at radius 2 is 1.53 bits per heavy atom. The third-order valence-electron chi connectivity index (χ3n) is 8.34. The van der Waals surface area contributed by atoms with Gasteiger partial charge in [-0.2, -0.15) is 0 Å². The van der Waals surface area contributed by atoms with Crippen molar-refractivity contribution in [1.82, 2.24) is 4.90 Å². The molecule has 1 saturated heterocycles. The molecule has 1 aliphatic rings. The van der Waals surface area contributed by atoms with Crippen LogP contribution in [0.4, 0.5) is 0 Å². The first kappa shape index (κ1) is 30.3. The number of rotatable bonds is 10. The zero-order valence-electron chi connectivity index (χ0n) is 25.0. The molecule has 0 saturated carbocycles. The molecule has 1 amide bonds. The number of hydrogen-bond acceptors (Lipinski definition) is 5. The lowest BCUT2D eigenvalue weighted by molar-refractivity contribution is 0.0687. The smallest absolute Gasteiger partial charge is 0.261 e. The summed E-state index contributed by atoms with van der Waals surface area (Å²) in [5, 5.41) is 12.2. The number of likely N-dealkylation sites (tertiary alicyclic amines) is 1. The third-order valence-corrected chi connectivity index (χ3v) is 13.3. The van der Waals surface area contributed by atoms with E-state index in [9.17, 15) is 14.7 Å². The lowest BCUT2D eigenvalue weighted by atomic mass is 10.1. The zero-order valence-corrected chi connectivity index (χ0v) is 26.0. The monoisotopic (exact) mass is 593 g/mol. The van der Waals surface area contributed by atoms with Gasteiger partial charge < -0.3 is 19.2 Å². The molecule has 0 bridgehead atoms. The first-order valence-electron chi connectivity index (χ1n) is 14.8. The summed E-state index contributed by atoms with van der Waals surface area (Å²) in [5.74, 6) is 0.134. The van der Waals surface area contributed by atoms with E-state index < -0.39 is 8.32 Å². The number of benzene rings is 4. The molecule has 4 aromatic carbocycles. The molecule has 0 aliphatic carbocycles. The van der Waals surface area contributed by atoms with E-state index in [-0.39, 0.29) is 34.9 Å². The molecule has 0 spiro atoms. The molecule has 1 heterocycles. The fourth-order valence-electron chi connectivity index (χ4n) is 6.20. The Kier molecular flexibility index (Phi) is 9.13. The lowest BCUT2D eigenvalue weighted by Gasteiger charge is -2.43. The zero-order chi connectivity index (χ0) is 30.5. The van der Waals surface area contributed by atoms with Gasteiger partial charge in [-0.25, -0.2) is 0 Å². The Morgan fingerprint density at radius 3 is 2.16 bits per heavy atom. The normalized spacial score (nSPS) is 15.3. The Labute approximate surface area is 255 Å². The fourth-order valence-corrected chi connectivity index (χ4v) is 10.7. The van der Waals surface area contributed by atoms with Crippen LogP contribution in [0.2, 0.25) is 5.04 Å². The number of aldehydes is 1. The average Bonchev–Trinajstić information content (AvgIpc) is 3.49. The Bertz CT molecular complexity index is 1510. The summed E-state index contributed by atoms with van der Waals surface area (Å²) in [7, 11) is -2.79. The molecule has 1 unspecified atom stereocenters. The molecule has 7 heteroatoms. The van der Waals surface area contributed by atoms with Crippen LogP contribution >= 0.6 is 0 Å². The van der Waals surface area contributed by atoms with Gasteiger partial charge in [0, 0.05) is 12.1 Å². The van der Waals surface area contributed by atoms with E-state index in [2.05, 4.69) is 69.3 Å². The predicted molar refractivity (Wildman–Crippen MR) is 172 cm³/mol. The molecular formula is C36H39NO5Si. The average molecular weight is 594 g/mol. The highest BCUT2D eigenvalue weighted by molar-refractivity contribution is 6.99. The summed E-state index contributed by atoms with van der Waals surface area (Å²) in [6.07, 6.45) is 2.24. The van der Waals surface area contributed by atoms with Gasteiger partial charge >= 0.3 is 0 Å². The van der Waals surface area contributed by atoms with Gasteiger partial charge in [0.05, 0.1) is 18.2 Å². The Hall–Kier alpha value is -4.20. The minimum absolute atomic E-state index is 0.0562. The number of amides is 1. The van der Waals surface area contributed by atoms with Gasteiger partial charge in [-0.3, -0.25) is 9.59 Å². The number of carbonyl (C=O) groups excluding carboxylic acids is 2. The van der Waals surface area contributed by atoms with Gasteiger partial charge in [-0.05, 0) is 52.0 Å². The Morgan fingerprint density at radius 1 is 0.907 bits per heavy atom. The van der Waals surface area contributed by atoms with Gasteiger partial charge in [0.25, 0.3) is 14.2 Å². The first-order chi connectivity index (χ1) is 20.8. The van der Waals surface area contributed by atoms with E-state index in [0.717, 1.165) is 18.4 Å². The van der Waals surface area contributed by atoms with E-state index in [1.807, 2.05) is 41.3 Å². The minimum atomic E-state index is -2.79. The summed E-state index contributed by atoms with van der Waals surface area (Å²) in [6.45, 7) is 7.89. The third kappa shape index (κ3) is 6.14. The highest BCUT2D eigenvalue weighted by Gasteiger charge is 2.50. The van der Waals surface area contributed by atoms with Gasteiger partial charge in [-0.1, -0.05) is 106 Å². The maximum Gasteiger partial charge on any atom is 0.261 e. The summed E-state index contributed by atoms with van der Waals surface area (Å²) in [6, 6.07) is 33.3. The summed E-state index contributed by atoms with van der Waals surface area (Å²) in [5.41, 5.74) is 1.59. The van der Waals surface area contributed by atoms with Crippen molar-refractivity contribution in [3.63, 3.8) is 0 Å². The van der Waals surface area contributed by atoms with Gasteiger partial charge in [0.1, 0.15) is 18.1 Å². The fraction of sp³-hybridized carbons (Fsp3) is 0.278. The number of ether oxygens (including phenoxy) is 1. The second-order valence-corrected chi connectivity index (χ2v) is 16.3. The minimum Gasteiger partial charge on any atom is -0.507 e. The summed E-state index contributed by atoms with van der Waals surface area (Å²) in [4.78, 5) is 27.4. The second-order valence-electron chi connectivity index (χ2n) is 12.0. The number of nitrogens with zero attached hydrogens (tertiary/aromatic N) is 1. The molecular weight excluding hydrogens is 554 g/mol. The van der Waals surface area contributed by atoms with Crippen molar-refractivity contribution in [2.75, 3.05) is 13.2 Å². The van der Waals surface area contributed by atoms with Crippen molar-refractivity contribution in [2.45, 2.75) is 51.3 Å². The molecule has 222 valence electrons. The van der Waals surface area contributed by atoms with E-state index in [1.165, 1.54) is 16.4 Å². The van der Waals surface area contributed by atoms with Crippen molar-refractivity contribution in [2.24, 2.45) is 0 Å². The van der Waals surface area contributed by atoms with Gasteiger partial charge in [0.2, 0.25) is 0 Å². The van der Waals surface area contributed by atoms with Crippen LogP contribution in [0.3, 0.4) is 0 Å². The maximum absolute atomic E-state index is 14.1. The van der Waals surface area contributed by atoms with Gasteiger partial charge in [-0.15, -0.1) is 0 Å². The lowest BCUT2D eigenvalue weighted by Crippen LogP contribution is -2.66. The molecule has 0 aromatic heterocycles. The largest absolute Gasteiger partial charge is 0.507 e. The number of phenolic OH excluding ortho intramolecular Hbond substituents is 1. The number of aromatic hydroxyl groups is 1. The van der Waals surface area contributed by atoms with Crippen LogP contribution in [0.1, 0.15) is 59.9 Å². The van der Waals surface area contributed by atoms with E-state index >= 15 is 0 Å².